The highest BCUT2D eigenvalue weighted by Gasteiger charge is 2.59. The van der Waals surface area contributed by atoms with Gasteiger partial charge in [-0.05, 0) is 63.7 Å². The van der Waals surface area contributed by atoms with Crippen LogP contribution in [0.3, 0.4) is 0 Å². The molecule has 0 radical (unpaired) electrons. The Balaban J connectivity index is 1.53. The summed E-state index contributed by atoms with van der Waals surface area (Å²) in [6.07, 6.45) is 6.13. The van der Waals surface area contributed by atoms with Gasteiger partial charge in [-0.25, -0.2) is 4.98 Å². The van der Waals surface area contributed by atoms with Gasteiger partial charge in [0, 0.05) is 17.6 Å². The number of carbonyl (C=O) groups is 2. The van der Waals surface area contributed by atoms with E-state index in [1.54, 1.807) is 6.20 Å². The van der Waals surface area contributed by atoms with E-state index in [1.807, 2.05) is 19.2 Å². The van der Waals surface area contributed by atoms with Crippen LogP contribution in [0.2, 0.25) is 0 Å². The summed E-state index contributed by atoms with van der Waals surface area (Å²) in [6, 6.07) is 0.126. The summed E-state index contributed by atoms with van der Waals surface area (Å²) in [7, 11) is 0. The van der Waals surface area contributed by atoms with Crippen molar-refractivity contribution in [2.45, 2.75) is 57.4 Å². The van der Waals surface area contributed by atoms with Gasteiger partial charge in [-0.1, -0.05) is 0 Å². The molecule has 0 saturated heterocycles. The minimum Gasteiger partial charge on any atom is -0.481 e. The topological polar surface area (TPSA) is 79.3 Å². The number of nitrogens with zero attached hydrogens (tertiary/aromatic N) is 1. The first-order valence-electron chi connectivity index (χ1n) is 8.76. The smallest absolute Gasteiger partial charge is 0.309 e. The summed E-state index contributed by atoms with van der Waals surface area (Å²) in [5.74, 6) is 0.527. The maximum Gasteiger partial charge on any atom is 0.309 e. The van der Waals surface area contributed by atoms with E-state index in [4.69, 9.17) is 0 Å². The highest BCUT2D eigenvalue weighted by atomic mass is 32.1. The SMILES string of the molecule is CC(C)(C(=O)NC1C2CC3CC1CC(C(=O)O)(C3)C2)c1nccs1. The number of hydrogen-bond donors (Lipinski definition) is 2. The molecule has 4 saturated carbocycles. The minimum atomic E-state index is -0.646. The van der Waals surface area contributed by atoms with Crippen molar-refractivity contribution in [3.8, 4) is 0 Å². The van der Waals surface area contributed by atoms with Gasteiger partial charge in [0.25, 0.3) is 0 Å². The van der Waals surface area contributed by atoms with Crippen molar-refractivity contribution in [3.05, 3.63) is 16.6 Å². The molecule has 4 aliphatic carbocycles. The van der Waals surface area contributed by atoms with Crippen LogP contribution in [0.25, 0.3) is 0 Å². The quantitative estimate of drug-likeness (QED) is 0.877. The highest BCUT2D eigenvalue weighted by Crippen LogP contribution is 2.60. The number of amides is 1. The van der Waals surface area contributed by atoms with Crippen molar-refractivity contribution in [1.82, 2.24) is 10.3 Å². The van der Waals surface area contributed by atoms with E-state index in [1.165, 1.54) is 11.3 Å². The average molecular weight is 348 g/mol. The molecule has 1 amide bonds. The van der Waals surface area contributed by atoms with E-state index in [-0.39, 0.29) is 11.9 Å². The van der Waals surface area contributed by atoms with Crippen LogP contribution in [-0.2, 0) is 15.0 Å². The molecular weight excluding hydrogens is 324 g/mol. The molecule has 1 aromatic rings. The van der Waals surface area contributed by atoms with Crippen molar-refractivity contribution < 1.29 is 14.7 Å². The summed E-state index contributed by atoms with van der Waals surface area (Å²) < 4.78 is 0. The van der Waals surface area contributed by atoms with E-state index < -0.39 is 16.8 Å². The van der Waals surface area contributed by atoms with Gasteiger partial charge in [0.2, 0.25) is 5.91 Å². The number of aromatic nitrogens is 1. The third kappa shape index (κ3) is 2.30. The molecule has 0 aliphatic heterocycles. The Morgan fingerprint density at radius 1 is 1.29 bits per heavy atom. The second kappa shape index (κ2) is 5.28. The largest absolute Gasteiger partial charge is 0.481 e. The van der Waals surface area contributed by atoms with Gasteiger partial charge in [-0.15, -0.1) is 11.3 Å². The molecule has 2 unspecified atom stereocenters. The molecule has 2 atom stereocenters. The van der Waals surface area contributed by atoms with Gasteiger partial charge in [-0.2, -0.15) is 0 Å². The maximum absolute atomic E-state index is 12.9. The van der Waals surface area contributed by atoms with Crippen LogP contribution < -0.4 is 5.32 Å². The zero-order chi connectivity index (χ0) is 17.1. The van der Waals surface area contributed by atoms with E-state index in [0.29, 0.717) is 17.8 Å². The average Bonchev–Trinajstić information content (AvgIpc) is 3.05. The lowest BCUT2D eigenvalue weighted by Gasteiger charge is -2.58. The second-order valence-corrected chi connectivity index (χ2v) is 9.41. The van der Waals surface area contributed by atoms with E-state index in [2.05, 4.69) is 10.3 Å². The first-order chi connectivity index (χ1) is 11.3. The molecule has 24 heavy (non-hydrogen) atoms. The van der Waals surface area contributed by atoms with Crippen molar-refractivity contribution in [2.75, 3.05) is 0 Å². The second-order valence-electron chi connectivity index (χ2n) is 8.52. The molecule has 5 nitrogen and oxygen atoms in total. The summed E-state index contributed by atoms with van der Waals surface area (Å²) in [5, 5.41) is 15.7. The Labute approximate surface area is 145 Å². The number of aliphatic carboxylic acids is 1. The normalized spacial score (nSPS) is 37.4. The van der Waals surface area contributed by atoms with Gasteiger partial charge in [-0.3, -0.25) is 9.59 Å². The molecular formula is C18H24N2O3S. The molecule has 2 N–H and O–H groups in total. The van der Waals surface area contributed by atoms with Gasteiger partial charge < -0.3 is 10.4 Å². The first-order valence-corrected chi connectivity index (χ1v) is 9.64. The van der Waals surface area contributed by atoms with Crippen LogP contribution in [-0.4, -0.2) is 28.0 Å². The molecule has 4 bridgehead atoms. The Morgan fingerprint density at radius 3 is 2.50 bits per heavy atom. The summed E-state index contributed by atoms with van der Waals surface area (Å²) >= 11 is 1.50. The molecule has 0 aromatic carbocycles. The molecule has 130 valence electrons. The number of carboxylic acid groups (broad SMARTS) is 1. The molecule has 1 aromatic heterocycles. The predicted molar refractivity (Wildman–Crippen MR) is 90.7 cm³/mol. The number of thiazole rings is 1. The number of nitrogens with one attached hydrogen (secondary N) is 1. The predicted octanol–water partition coefficient (Wildman–Crippen LogP) is 2.82. The summed E-state index contributed by atoms with van der Waals surface area (Å²) in [5.41, 5.74) is -1.17. The van der Waals surface area contributed by atoms with Crippen molar-refractivity contribution >= 4 is 23.2 Å². The number of hydrogen-bond acceptors (Lipinski definition) is 4. The number of carboxylic acids is 1. The highest BCUT2D eigenvalue weighted by molar-refractivity contribution is 7.09. The van der Waals surface area contributed by atoms with Crippen LogP contribution in [0, 0.1) is 23.2 Å². The lowest BCUT2D eigenvalue weighted by Crippen LogP contribution is -2.62. The van der Waals surface area contributed by atoms with Gasteiger partial charge in [0.15, 0.2) is 0 Å². The molecule has 4 fully saturated rings. The van der Waals surface area contributed by atoms with E-state index in [9.17, 15) is 14.7 Å². The van der Waals surface area contributed by atoms with Crippen LogP contribution in [0.1, 0.15) is 51.0 Å². The fourth-order valence-corrected chi connectivity index (χ4v) is 6.24. The fraction of sp³-hybridized carbons (Fsp3) is 0.722. The van der Waals surface area contributed by atoms with Crippen molar-refractivity contribution in [1.29, 1.82) is 0 Å². The molecule has 1 heterocycles. The van der Waals surface area contributed by atoms with E-state index in [0.717, 1.165) is 37.1 Å². The maximum atomic E-state index is 12.9. The minimum absolute atomic E-state index is 0.0132. The third-order valence-electron chi connectivity index (χ3n) is 6.56. The van der Waals surface area contributed by atoms with Crippen LogP contribution >= 0.6 is 11.3 Å². The Morgan fingerprint density at radius 2 is 1.96 bits per heavy atom. The van der Waals surface area contributed by atoms with E-state index >= 15 is 0 Å². The van der Waals surface area contributed by atoms with Crippen molar-refractivity contribution in [3.63, 3.8) is 0 Å². The van der Waals surface area contributed by atoms with Crippen LogP contribution in [0.4, 0.5) is 0 Å². The zero-order valence-electron chi connectivity index (χ0n) is 14.1. The standard InChI is InChI=1S/C18H24N2O3S/c1-17(2,15-19-3-4-24-15)14(21)20-13-11-5-10-6-12(13)9-18(7-10,8-11)16(22)23/h3-4,10-13H,5-9H2,1-2H3,(H,20,21)(H,22,23). The Hall–Kier alpha value is -1.43. The first kappa shape index (κ1) is 16.1. The lowest BCUT2D eigenvalue weighted by molar-refractivity contribution is -0.168. The molecule has 0 spiro atoms. The van der Waals surface area contributed by atoms with Gasteiger partial charge in [0.05, 0.1) is 10.8 Å². The molecule has 4 aliphatic rings. The van der Waals surface area contributed by atoms with Crippen LogP contribution in [0.5, 0.6) is 0 Å². The van der Waals surface area contributed by atoms with Gasteiger partial charge >= 0.3 is 5.97 Å². The Bertz CT molecular complexity index is 654. The number of carbonyl (C=O) groups excluding carboxylic acids is 1. The van der Waals surface area contributed by atoms with Crippen LogP contribution in [0.15, 0.2) is 11.6 Å². The molecule has 6 heteroatoms. The Kier molecular flexibility index (Phi) is 3.53. The third-order valence-corrected chi connectivity index (χ3v) is 7.66. The zero-order valence-corrected chi connectivity index (χ0v) is 14.9. The molecule has 5 rings (SSSR count). The van der Waals surface area contributed by atoms with Gasteiger partial charge in [0.1, 0.15) is 5.01 Å². The number of rotatable bonds is 4. The summed E-state index contributed by atoms with van der Waals surface area (Å²) in [4.78, 5) is 29.0. The summed E-state index contributed by atoms with van der Waals surface area (Å²) in [6.45, 7) is 3.83. The fourth-order valence-electron chi connectivity index (χ4n) is 5.48. The lowest BCUT2D eigenvalue weighted by atomic mass is 9.48. The van der Waals surface area contributed by atoms with Crippen molar-refractivity contribution in [2.24, 2.45) is 23.2 Å². The monoisotopic (exact) mass is 348 g/mol.